The summed E-state index contributed by atoms with van der Waals surface area (Å²) in [6.45, 7) is 4.66. The fourth-order valence-corrected chi connectivity index (χ4v) is 6.05. The second-order valence-corrected chi connectivity index (χ2v) is 11.3. The molecular weight excluding hydrogens is 557 g/mol. The number of nitrogens with zero attached hydrogens (tertiary/aromatic N) is 2. The lowest BCUT2D eigenvalue weighted by atomic mass is 9.79. The average molecular weight is 594 g/mol. The molecule has 2 aliphatic rings. The van der Waals surface area contributed by atoms with Crippen molar-refractivity contribution in [1.29, 1.82) is 0 Å². The maximum Gasteiger partial charge on any atom is 0.256 e. The number of nitrogens with one attached hydrogen (secondary N) is 3. The molecule has 2 saturated heterocycles. The highest BCUT2D eigenvalue weighted by atomic mass is 19.1. The van der Waals surface area contributed by atoms with Gasteiger partial charge >= 0.3 is 0 Å². The van der Waals surface area contributed by atoms with E-state index in [1.807, 2.05) is 13.8 Å². The topological polar surface area (TPSA) is 133 Å². The molecule has 11 nitrogen and oxygen atoms in total. The van der Waals surface area contributed by atoms with Crippen molar-refractivity contribution in [2.45, 2.75) is 20.0 Å². The molecule has 12 heteroatoms. The summed E-state index contributed by atoms with van der Waals surface area (Å²) >= 11 is 0. The summed E-state index contributed by atoms with van der Waals surface area (Å²) in [5.41, 5.74) is 1.34. The van der Waals surface area contributed by atoms with Crippen molar-refractivity contribution in [1.82, 2.24) is 25.4 Å². The highest BCUT2D eigenvalue weighted by molar-refractivity contribution is 6.07. The number of methoxy groups -OCH3 is 1. The predicted octanol–water partition coefficient (Wildman–Crippen LogP) is 2.43. The summed E-state index contributed by atoms with van der Waals surface area (Å²) in [5.74, 6) is -1.86. The Bertz CT molecular complexity index is 1550. The van der Waals surface area contributed by atoms with Crippen LogP contribution >= 0.6 is 0 Å². The molecule has 0 spiro atoms. The number of H-pyrrole nitrogens is 1. The number of benzene rings is 2. The van der Waals surface area contributed by atoms with Crippen LogP contribution in [0.5, 0.6) is 11.5 Å². The molecular formula is C31H36FN5O6. The van der Waals surface area contributed by atoms with Gasteiger partial charge in [-0.1, -0.05) is 0 Å². The van der Waals surface area contributed by atoms with Crippen LogP contribution in [0.25, 0.3) is 10.9 Å². The Morgan fingerprint density at radius 1 is 1.00 bits per heavy atom. The van der Waals surface area contributed by atoms with Gasteiger partial charge < -0.3 is 34.9 Å². The summed E-state index contributed by atoms with van der Waals surface area (Å²) in [7, 11) is 2.99. The van der Waals surface area contributed by atoms with Crippen molar-refractivity contribution in [3.8, 4) is 11.5 Å². The number of likely N-dealkylation sites (tertiary alicyclic amines) is 2. The van der Waals surface area contributed by atoms with Gasteiger partial charge in [0.1, 0.15) is 5.82 Å². The third-order valence-electron chi connectivity index (χ3n) is 8.14. The molecule has 3 unspecified atom stereocenters. The van der Waals surface area contributed by atoms with E-state index in [1.165, 1.54) is 26.3 Å². The maximum atomic E-state index is 14.0. The van der Waals surface area contributed by atoms with E-state index in [0.717, 1.165) is 0 Å². The van der Waals surface area contributed by atoms with E-state index < -0.39 is 11.7 Å². The second kappa shape index (κ2) is 12.3. The largest absolute Gasteiger partial charge is 0.493 e. The van der Waals surface area contributed by atoms with Crippen molar-refractivity contribution in [2.24, 2.45) is 17.8 Å². The summed E-state index contributed by atoms with van der Waals surface area (Å²) in [4.78, 5) is 59.0. The van der Waals surface area contributed by atoms with Crippen LogP contribution in [0, 0.1) is 23.6 Å². The Morgan fingerprint density at radius 3 is 2.44 bits per heavy atom. The van der Waals surface area contributed by atoms with Crippen LogP contribution in [0.4, 0.5) is 4.39 Å². The minimum absolute atomic E-state index is 0.0717. The molecule has 0 radical (unpaired) electrons. The maximum absolute atomic E-state index is 14.0. The van der Waals surface area contributed by atoms with Crippen LogP contribution in [0.1, 0.15) is 34.6 Å². The molecule has 1 aromatic heterocycles. The molecule has 3 N–H and O–H groups in total. The number of hydrogen-bond donors (Lipinski definition) is 3. The molecule has 228 valence electrons. The Hall–Kier alpha value is -4.61. The van der Waals surface area contributed by atoms with E-state index >= 15 is 0 Å². The number of carbonyl (C=O) groups excluding carboxylic acids is 4. The third-order valence-corrected chi connectivity index (χ3v) is 8.14. The molecule has 0 aliphatic carbocycles. The van der Waals surface area contributed by atoms with E-state index in [-0.39, 0.29) is 54.7 Å². The van der Waals surface area contributed by atoms with Crippen LogP contribution < -0.4 is 20.1 Å². The normalized spacial score (nSPS) is 19.7. The highest BCUT2D eigenvalue weighted by Crippen LogP contribution is 2.38. The van der Waals surface area contributed by atoms with Crippen molar-refractivity contribution in [2.75, 3.05) is 46.9 Å². The van der Waals surface area contributed by atoms with Gasteiger partial charge in [0.2, 0.25) is 11.8 Å². The van der Waals surface area contributed by atoms with Gasteiger partial charge in [0.25, 0.3) is 11.8 Å². The number of halogens is 1. The zero-order chi connectivity index (χ0) is 30.8. The molecule has 0 bridgehead atoms. The molecule has 43 heavy (non-hydrogen) atoms. The lowest BCUT2D eigenvalue weighted by molar-refractivity contribution is -0.131. The van der Waals surface area contributed by atoms with E-state index in [0.29, 0.717) is 53.2 Å². The van der Waals surface area contributed by atoms with Crippen molar-refractivity contribution >= 4 is 34.5 Å². The zero-order valence-corrected chi connectivity index (χ0v) is 24.6. The molecule has 0 saturated carbocycles. The van der Waals surface area contributed by atoms with Gasteiger partial charge in [-0.05, 0) is 62.1 Å². The van der Waals surface area contributed by atoms with Gasteiger partial charge in [-0.3, -0.25) is 19.2 Å². The molecule has 3 aromatic rings. The van der Waals surface area contributed by atoms with Crippen LogP contribution in [-0.4, -0.2) is 91.4 Å². The molecule has 3 heterocycles. The van der Waals surface area contributed by atoms with E-state index in [9.17, 15) is 23.6 Å². The van der Waals surface area contributed by atoms with Crippen molar-refractivity contribution in [3.05, 3.63) is 59.5 Å². The quantitative estimate of drug-likeness (QED) is 0.368. The first-order valence-electron chi connectivity index (χ1n) is 14.3. The van der Waals surface area contributed by atoms with E-state index in [2.05, 4.69) is 15.6 Å². The van der Waals surface area contributed by atoms with E-state index in [4.69, 9.17) is 9.47 Å². The smallest absolute Gasteiger partial charge is 0.256 e. The Labute approximate surface area is 248 Å². The Morgan fingerprint density at radius 2 is 1.74 bits per heavy atom. The summed E-state index contributed by atoms with van der Waals surface area (Å²) in [6.07, 6.45) is 1.47. The minimum atomic E-state index is -0.663. The van der Waals surface area contributed by atoms with Crippen LogP contribution in [0.2, 0.25) is 0 Å². The number of aromatic nitrogens is 1. The average Bonchev–Trinajstić information content (AvgIpc) is 3.62. The first kappa shape index (κ1) is 29.9. The number of amides is 4. The molecule has 4 amide bonds. The minimum Gasteiger partial charge on any atom is -0.493 e. The molecule has 3 atom stereocenters. The SMILES string of the molecule is CNC(=O)CNC(=O)C1CN(C(=O)c2c[nH]c3ccc(F)cc23)CC2CN(C(=O)c3ccc(OC(C)C)c(OC)c3)CC21. The summed E-state index contributed by atoms with van der Waals surface area (Å²) in [5, 5.41) is 5.61. The molecule has 2 aliphatic heterocycles. The van der Waals surface area contributed by atoms with Gasteiger partial charge in [0.05, 0.1) is 31.2 Å². The first-order valence-corrected chi connectivity index (χ1v) is 14.3. The standard InChI is InChI=1S/C31H36FN5O6/c1-17(2)43-26-8-5-18(9-27(26)42-4)30(40)36-13-19-14-37(16-24(23(19)15-36)29(39)35-12-28(38)33-3)31(41)22-11-34-25-7-6-20(32)10-21(22)25/h5-11,17,19,23-24,34H,12-16H2,1-4H3,(H,33,38)(H,35,39). The second-order valence-electron chi connectivity index (χ2n) is 11.3. The number of ether oxygens (including phenoxy) is 2. The Balaban J connectivity index is 1.40. The number of aromatic amines is 1. The number of carbonyl (C=O) groups is 4. The highest BCUT2D eigenvalue weighted by Gasteiger charge is 2.48. The number of hydrogen-bond acceptors (Lipinski definition) is 6. The van der Waals surface area contributed by atoms with Crippen LogP contribution in [0.15, 0.2) is 42.6 Å². The summed E-state index contributed by atoms with van der Waals surface area (Å²) < 4.78 is 25.3. The fourth-order valence-electron chi connectivity index (χ4n) is 6.05. The van der Waals surface area contributed by atoms with Gasteiger partial charge in [-0.2, -0.15) is 0 Å². The fraction of sp³-hybridized carbons (Fsp3) is 0.419. The monoisotopic (exact) mass is 593 g/mol. The number of rotatable bonds is 8. The van der Waals surface area contributed by atoms with E-state index in [1.54, 1.807) is 40.3 Å². The van der Waals surface area contributed by atoms with Crippen molar-refractivity contribution in [3.63, 3.8) is 0 Å². The zero-order valence-electron chi connectivity index (χ0n) is 24.6. The first-order chi connectivity index (χ1) is 20.6. The lowest BCUT2D eigenvalue weighted by Crippen LogP contribution is -2.53. The molecule has 5 rings (SSSR count). The lowest BCUT2D eigenvalue weighted by Gasteiger charge is -2.39. The number of fused-ring (bicyclic) bond motifs is 2. The molecule has 2 fully saturated rings. The Kier molecular flexibility index (Phi) is 8.56. The predicted molar refractivity (Wildman–Crippen MR) is 156 cm³/mol. The molecule has 2 aromatic carbocycles. The van der Waals surface area contributed by atoms with Crippen molar-refractivity contribution < 1.29 is 33.0 Å². The van der Waals surface area contributed by atoms with Gasteiger partial charge in [0, 0.05) is 55.9 Å². The van der Waals surface area contributed by atoms with Crippen LogP contribution in [-0.2, 0) is 9.59 Å². The number of likely N-dealkylation sites (N-methyl/N-ethyl adjacent to an activating group) is 1. The summed E-state index contributed by atoms with van der Waals surface area (Å²) in [6, 6.07) is 9.22. The van der Waals surface area contributed by atoms with Gasteiger partial charge in [-0.15, -0.1) is 0 Å². The number of piperidine rings is 1. The van der Waals surface area contributed by atoms with Gasteiger partial charge in [-0.25, -0.2) is 4.39 Å². The third kappa shape index (κ3) is 6.13. The van der Waals surface area contributed by atoms with Crippen LogP contribution in [0.3, 0.4) is 0 Å². The van der Waals surface area contributed by atoms with Gasteiger partial charge in [0.15, 0.2) is 11.5 Å².